The maximum Gasteiger partial charge on any atom is 0.274 e. The molecule has 0 aromatic carbocycles. The smallest absolute Gasteiger partial charge is 0.274 e. The number of hydrogen-bond acceptors (Lipinski definition) is 4. The molecule has 6 heteroatoms. The van der Waals surface area contributed by atoms with Crippen molar-refractivity contribution in [3.63, 3.8) is 0 Å². The largest absolute Gasteiger partial charge is 0.339 e. The predicted octanol–water partition coefficient (Wildman–Crippen LogP) is 0.0893. The Kier molecular flexibility index (Phi) is 3.55. The van der Waals surface area contributed by atoms with E-state index < -0.39 is 0 Å². The molecular weight excluding hydrogens is 232 g/mol. The van der Waals surface area contributed by atoms with Gasteiger partial charge in [-0.25, -0.2) is 4.98 Å². The maximum absolute atomic E-state index is 12.1. The van der Waals surface area contributed by atoms with Gasteiger partial charge in [0, 0.05) is 39.3 Å². The van der Waals surface area contributed by atoms with E-state index in [1.165, 1.54) is 6.20 Å². The van der Waals surface area contributed by atoms with Crippen molar-refractivity contribution in [1.82, 2.24) is 19.8 Å². The maximum atomic E-state index is 12.1. The van der Waals surface area contributed by atoms with Crippen LogP contribution in [0.25, 0.3) is 0 Å². The number of rotatable bonds is 1. The highest BCUT2D eigenvalue weighted by atomic mass is 16.2. The van der Waals surface area contributed by atoms with Gasteiger partial charge in [0.05, 0.1) is 11.9 Å². The zero-order valence-corrected chi connectivity index (χ0v) is 10.6. The van der Waals surface area contributed by atoms with Crippen LogP contribution >= 0.6 is 0 Å². The van der Waals surface area contributed by atoms with E-state index >= 15 is 0 Å². The van der Waals surface area contributed by atoms with Crippen LogP contribution in [0.2, 0.25) is 0 Å². The summed E-state index contributed by atoms with van der Waals surface area (Å²) in [5, 5.41) is 0. The molecule has 0 unspecified atom stereocenters. The third-order valence-corrected chi connectivity index (χ3v) is 3.01. The molecule has 0 saturated carbocycles. The van der Waals surface area contributed by atoms with Crippen LogP contribution < -0.4 is 0 Å². The molecule has 2 rings (SSSR count). The van der Waals surface area contributed by atoms with Crippen molar-refractivity contribution in [1.29, 1.82) is 0 Å². The molecule has 0 aliphatic carbocycles. The first-order chi connectivity index (χ1) is 8.58. The van der Waals surface area contributed by atoms with Crippen LogP contribution in [0.3, 0.4) is 0 Å². The van der Waals surface area contributed by atoms with Crippen molar-refractivity contribution in [2.75, 3.05) is 26.2 Å². The first kappa shape index (κ1) is 12.5. The molecule has 96 valence electrons. The molecule has 1 fully saturated rings. The van der Waals surface area contributed by atoms with Crippen molar-refractivity contribution in [3.8, 4) is 0 Å². The highest BCUT2D eigenvalue weighted by molar-refractivity contribution is 5.92. The fraction of sp³-hybridized carbons (Fsp3) is 0.500. The van der Waals surface area contributed by atoms with Gasteiger partial charge in [0.15, 0.2) is 0 Å². The molecule has 2 amide bonds. The fourth-order valence-electron chi connectivity index (χ4n) is 1.89. The fourth-order valence-corrected chi connectivity index (χ4v) is 1.89. The van der Waals surface area contributed by atoms with Crippen LogP contribution in [0.15, 0.2) is 12.4 Å². The minimum Gasteiger partial charge on any atom is -0.339 e. The number of piperazine rings is 1. The van der Waals surface area contributed by atoms with E-state index in [0.717, 1.165) is 5.69 Å². The zero-order chi connectivity index (χ0) is 13.1. The number of carbonyl (C=O) groups excluding carboxylic acids is 2. The lowest BCUT2D eigenvalue weighted by atomic mass is 10.2. The first-order valence-corrected chi connectivity index (χ1v) is 5.91. The van der Waals surface area contributed by atoms with E-state index in [4.69, 9.17) is 0 Å². The van der Waals surface area contributed by atoms with Gasteiger partial charge < -0.3 is 9.80 Å². The number of nitrogens with zero attached hydrogens (tertiary/aromatic N) is 4. The van der Waals surface area contributed by atoms with Crippen LogP contribution in [0.1, 0.15) is 23.1 Å². The topological polar surface area (TPSA) is 66.4 Å². The Bertz CT molecular complexity index is 450. The SMILES string of the molecule is CC(=O)N1CCN(C(=O)c2cnc(C)cn2)CC1. The molecule has 1 aromatic rings. The van der Waals surface area contributed by atoms with Gasteiger partial charge in [-0.15, -0.1) is 0 Å². The lowest BCUT2D eigenvalue weighted by Gasteiger charge is -2.33. The molecule has 6 nitrogen and oxygen atoms in total. The van der Waals surface area contributed by atoms with Gasteiger partial charge in [0.25, 0.3) is 5.91 Å². The van der Waals surface area contributed by atoms with Gasteiger partial charge in [-0.1, -0.05) is 0 Å². The van der Waals surface area contributed by atoms with Gasteiger partial charge in [0.1, 0.15) is 5.69 Å². The van der Waals surface area contributed by atoms with Crippen molar-refractivity contribution in [3.05, 3.63) is 23.8 Å². The average molecular weight is 248 g/mol. The summed E-state index contributed by atoms with van der Waals surface area (Å²) in [4.78, 5) is 34.9. The minimum atomic E-state index is -0.120. The highest BCUT2D eigenvalue weighted by Gasteiger charge is 2.23. The summed E-state index contributed by atoms with van der Waals surface area (Å²) in [5.74, 6) is -0.0667. The van der Waals surface area contributed by atoms with Gasteiger partial charge in [-0.05, 0) is 6.92 Å². The number of amides is 2. The molecule has 0 N–H and O–H groups in total. The number of carbonyl (C=O) groups is 2. The Hall–Kier alpha value is -1.98. The van der Waals surface area contributed by atoms with Gasteiger partial charge >= 0.3 is 0 Å². The Labute approximate surface area is 106 Å². The number of aromatic nitrogens is 2. The van der Waals surface area contributed by atoms with E-state index in [2.05, 4.69) is 9.97 Å². The zero-order valence-electron chi connectivity index (χ0n) is 10.6. The Morgan fingerprint density at radius 2 is 1.67 bits per heavy atom. The van der Waals surface area contributed by atoms with E-state index in [-0.39, 0.29) is 11.8 Å². The van der Waals surface area contributed by atoms with Crippen LogP contribution in [0.4, 0.5) is 0 Å². The predicted molar refractivity (Wildman–Crippen MR) is 64.9 cm³/mol. The van der Waals surface area contributed by atoms with E-state index in [1.807, 2.05) is 6.92 Å². The summed E-state index contributed by atoms with van der Waals surface area (Å²) in [7, 11) is 0. The monoisotopic (exact) mass is 248 g/mol. The van der Waals surface area contributed by atoms with Crippen LogP contribution in [-0.4, -0.2) is 57.8 Å². The Morgan fingerprint density at radius 3 is 2.17 bits per heavy atom. The van der Waals surface area contributed by atoms with Crippen LogP contribution in [0.5, 0.6) is 0 Å². The summed E-state index contributed by atoms with van der Waals surface area (Å²) in [5.41, 5.74) is 1.14. The molecule has 0 atom stereocenters. The number of aryl methyl sites for hydroxylation is 1. The van der Waals surface area contributed by atoms with E-state index in [0.29, 0.717) is 31.9 Å². The molecule has 18 heavy (non-hydrogen) atoms. The summed E-state index contributed by atoms with van der Waals surface area (Å²) in [6, 6.07) is 0. The molecule has 0 bridgehead atoms. The second-order valence-electron chi connectivity index (χ2n) is 4.34. The molecular formula is C12H16N4O2. The third kappa shape index (κ3) is 2.64. The summed E-state index contributed by atoms with van der Waals surface area (Å²) in [6.07, 6.45) is 3.08. The quantitative estimate of drug-likeness (QED) is 0.706. The summed E-state index contributed by atoms with van der Waals surface area (Å²) >= 11 is 0. The second-order valence-corrected chi connectivity index (χ2v) is 4.34. The molecule has 0 radical (unpaired) electrons. The van der Waals surface area contributed by atoms with Gasteiger partial charge in [-0.2, -0.15) is 0 Å². The molecule has 1 aromatic heterocycles. The normalized spacial score (nSPS) is 15.7. The van der Waals surface area contributed by atoms with Crippen LogP contribution in [-0.2, 0) is 4.79 Å². The molecule has 1 aliphatic heterocycles. The first-order valence-electron chi connectivity index (χ1n) is 5.91. The standard InChI is InChI=1S/C12H16N4O2/c1-9-7-14-11(8-13-9)12(18)16-5-3-15(4-6-16)10(2)17/h7-8H,3-6H2,1-2H3. The number of hydrogen-bond donors (Lipinski definition) is 0. The minimum absolute atomic E-state index is 0.0530. The third-order valence-electron chi connectivity index (χ3n) is 3.01. The molecule has 1 saturated heterocycles. The second kappa shape index (κ2) is 5.12. The van der Waals surface area contributed by atoms with Crippen molar-refractivity contribution in [2.45, 2.75) is 13.8 Å². The summed E-state index contributed by atoms with van der Waals surface area (Å²) < 4.78 is 0. The Morgan fingerprint density at radius 1 is 1.06 bits per heavy atom. The van der Waals surface area contributed by atoms with Crippen LogP contribution in [0, 0.1) is 6.92 Å². The highest BCUT2D eigenvalue weighted by Crippen LogP contribution is 2.06. The molecule has 2 heterocycles. The van der Waals surface area contributed by atoms with Gasteiger partial charge in [-0.3, -0.25) is 14.6 Å². The lowest BCUT2D eigenvalue weighted by molar-refractivity contribution is -0.130. The van der Waals surface area contributed by atoms with E-state index in [9.17, 15) is 9.59 Å². The summed E-state index contributed by atoms with van der Waals surface area (Å²) in [6.45, 7) is 5.64. The Balaban J connectivity index is 1.99. The molecule has 1 aliphatic rings. The van der Waals surface area contributed by atoms with Crippen molar-refractivity contribution < 1.29 is 9.59 Å². The lowest BCUT2D eigenvalue weighted by Crippen LogP contribution is -2.50. The molecule has 0 spiro atoms. The van der Waals surface area contributed by atoms with E-state index in [1.54, 1.807) is 22.9 Å². The van der Waals surface area contributed by atoms with Crippen molar-refractivity contribution in [2.24, 2.45) is 0 Å². The van der Waals surface area contributed by atoms with Crippen molar-refractivity contribution >= 4 is 11.8 Å². The average Bonchev–Trinajstić information content (AvgIpc) is 2.39. The van der Waals surface area contributed by atoms with Gasteiger partial charge in [0.2, 0.25) is 5.91 Å².